The van der Waals surface area contributed by atoms with Gasteiger partial charge >= 0.3 is 0 Å². The van der Waals surface area contributed by atoms with Crippen LogP contribution in [0.15, 0.2) is 55.1 Å². The van der Waals surface area contributed by atoms with Crippen molar-refractivity contribution in [3.05, 3.63) is 60.7 Å². The largest absolute Gasteiger partial charge is 0.302 e. The first-order chi connectivity index (χ1) is 7.71. The van der Waals surface area contributed by atoms with E-state index in [2.05, 4.69) is 6.58 Å². The first-order valence-corrected chi connectivity index (χ1v) is 5.29. The Morgan fingerprint density at radius 3 is 2.50 bits per heavy atom. The average molecular weight is 210 g/mol. The summed E-state index contributed by atoms with van der Waals surface area (Å²) in [7, 11) is 0. The quantitative estimate of drug-likeness (QED) is 0.560. The molecule has 1 unspecified atom stereocenters. The summed E-state index contributed by atoms with van der Waals surface area (Å²) in [5.41, 5.74) is 0.400. The standard InChI is InChI=1S/C15H14O/c1-3-15(2,11-16)14-10-6-8-12-7-4-5-9-13(12)14/h3-11H,1H2,2H3. The summed E-state index contributed by atoms with van der Waals surface area (Å²) in [6.07, 6.45) is 2.64. The summed E-state index contributed by atoms with van der Waals surface area (Å²) >= 11 is 0. The highest BCUT2D eigenvalue weighted by atomic mass is 16.1. The molecule has 0 spiro atoms. The van der Waals surface area contributed by atoms with Crippen LogP contribution in [0, 0.1) is 0 Å². The minimum Gasteiger partial charge on any atom is -0.302 e. The van der Waals surface area contributed by atoms with Gasteiger partial charge in [-0.05, 0) is 23.3 Å². The maximum atomic E-state index is 11.2. The molecule has 0 saturated heterocycles. The van der Waals surface area contributed by atoms with Gasteiger partial charge in [-0.1, -0.05) is 48.5 Å². The normalized spacial score (nSPS) is 14.3. The molecule has 0 aliphatic carbocycles. The summed E-state index contributed by atoms with van der Waals surface area (Å²) in [6.45, 7) is 5.64. The second kappa shape index (κ2) is 3.93. The van der Waals surface area contributed by atoms with Crippen LogP contribution in [-0.2, 0) is 10.2 Å². The molecule has 0 saturated carbocycles. The van der Waals surface area contributed by atoms with E-state index in [4.69, 9.17) is 0 Å². The van der Waals surface area contributed by atoms with Gasteiger partial charge < -0.3 is 4.79 Å². The van der Waals surface area contributed by atoms with Gasteiger partial charge in [-0.3, -0.25) is 0 Å². The smallest absolute Gasteiger partial charge is 0.134 e. The van der Waals surface area contributed by atoms with E-state index in [1.807, 2.05) is 49.4 Å². The van der Waals surface area contributed by atoms with Gasteiger partial charge in [0, 0.05) is 0 Å². The Morgan fingerprint density at radius 2 is 1.81 bits per heavy atom. The van der Waals surface area contributed by atoms with Gasteiger partial charge in [0.05, 0.1) is 5.41 Å². The highest BCUT2D eigenvalue weighted by Crippen LogP contribution is 2.29. The van der Waals surface area contributed by atoms with Crippen LogP contribution in [0.25, 0.3) is 10.8 Å². The summed E-state index contributed by atoms with van der Waals surface area (Å²) < 4.78 is 0. The summed E-state index contributed by atoms with van der Waals surface area (Å²) in [5.74, 6) is 0. The molecule has 16 heavy (non-hydrogen) atoms. The Bertz CT molecular complexity index is 527. The molecule has 0 N–H and O–H groups in total. The number of carbonyl (C=O) groups is 1. The third kappa shape index (κ3) is 1.54. The van der Waals surface area contributed by atoms with Crippen LogP contribution in [0.3, 0.4) is 0 Å². The first-order valence-electron chi connectivity index (χ1n) is 5.29. The fraction of sp³-hybridized carbons (Fsp3) is 0.133. The Hall–Kier alpha value is -1.89. The lowest BCUT2D eigenvalue weighted by Crippen LogP contribution is -2.20. The minimum absolute atomic E-state index is 0.610. The topological polar surface area (TPSA) is 17.1 Å². The second-order valence-corrected chi connectivity index (χ2v) is 4.13. The van der Waals surface area contributed by atoms with Crippen molar-refractivity contribution in [2.75, 3.05) is 0 Å². The number of hydrogen-bond donors (Lipinski definition) is 0. The molecule has 0 heterocycles. The predicted molar refractivity (Wildman–Crippen MR) is 67.6 cm³/mol. The van der Waals surface area contributed by atoms with Crippen LogP contribution in [-0.4, -0.2) is 6.29 Å². The van der Waals surface area contributed by atoms with E-state index < -0.39 is 5.41 Å². The van der Waals surface area contributed by atoms with Gasteiger partial charge in [0.25, 0.3) is 0 Å². The van der Waals surface area contributed by atoms with Crippen molar-refractivity contribution < 1.29 is 4.79 Å². The second-order valence-electron chi connectivity index (χ2n) is 4.13. The number of allylic oxidation sites excluding steroid dienone is 1. The fourth-order valence-corrected chi connectivity index (χ4v) is 1.92. The third-order valence-electron chi connectivity index (χ3n) is 3.04. The molecule has 1 heteroatoms. The molecule has 1 atom stereocenters. The number of aldehydes is 1. The fourth-order valence-electron chi connectivity index (χ4n) is 1.92. The molecule has 1 nitrogen and oxygen atoms in total. The first kappa shape index (κ1) is 10.6. The van der Waals surface area contributed by atoms with E-state index >= 15 is 0 Å². The minimum atomic E-state index is -0.610. The average Bonchev–Trinajstić information content (AvgIpc) is 2.37. The molecule has 0 bridgehead atoms. The number of fused-ring (bicyclic) bond motifs is 1. The Kier molecular flexibility index (Phi) is 2.61. The molecule has 0 amide bonds. The van der Waals surface area contributed by atoms with Crippen molar-refractivity contribution in [3.63, 3.8) is 0 Å². The lowest BCUT2D eigenvalue weighted by Gasteiger charge is -2.20. The molecule has 80 valence electrons. The van der Waals surface area contributed by atoms with E-state index in [1.54, 1.807) is 6.08 Å². The number of hydrogen-bond acceptors (Lipinski definition) is 1. The molecule has 0 aromatic heterocycles. The molecular weight excluding hydrogens is 196 g/mol. The van der Waals surface area contributed by atoms with Crippen molar-refractivity contribution >= 4 is 17.1 Å². The predicted octanol–water partition coefficient (Wildman–Crippen LogP) is 3.48. The summed E-state index contributed by atoms with van der Waals surface area (Å²) in [5, 5.41) is 2.26. The maximum Gasteiger partial charge on any atom is 0.134 e. The van der Waals surface area contributed by atoms with Crippen molar-refractivity contribution in [1.82, 2.24) is 0 Å². The highest BCUT2D eigenvalue weighted by Gasteiger charge is 2.23. The van der Waals surface area contributed by atoms with E-state index in [1.165, 1.54) is 0 Å². The van der Waals surface area contributed by atoms with Crippen molar-refractivity contribution in [2.45, 2.75) is 12.3 Å². The molecule has 2 aromatic rings. The van der Waals surface area contributed by atoms with Crippen molar-refractivity contribution in [1.29, 1.82) is 0 Å². The molecule has 0 fully saturated rings. The summed E-state index contributed by atoms with van der Waals surface area (Å²) in [4.78, 5) is 11.2. The van der Waals surface area contributed by atoms with Gasteiger partial charge in [-0.15, -0.1) is 6.58 Å². The molecule has 0 radical (unpaired) electrons. The monoisotopic (exact) mass is 210 g/mol. The zero-order valence-corrected chi connectivity index (χ0v) is 9.31. The molecule has 2 aromatic carbocycles. The van der Waals surface area contributed by atoms with Crippen LogP contribution in [0.4, 0.5) is 0 Å². The van der Waals surface area contributed by atoms with E-state index in [9.17, 15) is 4.79 Å². The van der Waals surface area contributed by atoms with Gasteiger partial charge in [-0.25, -0.2) is 0 Å². The molecule has 0 aliphatic heterocycles. The molecular formula is C15H14O. The van der Waals surface area contributed by atoms with Crippen molar-refractivity contribution in [3.8, 4) is 0 Å². The van der Waals surface area contributed by atoms with Gasteiger partial charge in [0.1, 0.15) is 6.29 Å². The van der Waals surface area contributed by atoms with Crippen LogP contribution in [0.1, 0.15) is 12.5 Å². The van der Waals surface area contributed by atoms with Crippen LogP contribution in [0.5, 0.6) is 0 Å². The highest BCUT2D eigenvalue weighted by molar-refractivity contribution is 5.90. The van der Waals surface area contributed by atoms with Crippen molar-refractivity contribution in [2.24, 2.45) is 0 Å². The molecule has 2 rings (SSSR count). The number of rotatable bonds is 3. The molecule has 0 aliphatic rings. The zero-order valence-electron chi connectivity index (χ0n) is 9.31. The Balaban J connectivity index is 2.78. The van der Waals surface area contributed by atoms with E-state index in [0.29, 0.717) is 0 Å². The lowest BCUT2D eigenvalue weighted by atomic mass is 9.81. The van der Waals surface area contributed by atoms with E-state index in [0.717, 1.165) is 22.6 Å². The summed E-state index contributed by atoms with van der Waals surface area (Å²) in [6, 6.07) is 14.1. The van der Waals surface area contributed by atoms with Gasteiger partial charge in [0.2, 0.25) is 0 Å². The zero-order chi connectivity index (χ0) is 11.6. The Labute approximate surface area is 95.4 Å². The van der Waals surface area contributed by atoms with Crippen LogP contribution < -0.4 is 0 Å². The maximum absolute atomic E-state index is 11.2. The SMILES string of the molecule is C=CC(C)(C=O)c1cccc2ccccc12. The van der Waals surface area contributed by atoms with Crippen LogP contribution in [0.2, 0.25) is 0 Å². The lowest BCUT2D eigenvalue weighted by molar-refractivity contribution is -0.110. The van der Waals surface area contributed by atoms with Gasteiger partial charge in [0.15, 0.2) is 0 Å². The van der Waals surface area contributed by atoms with Gasteiger partial charge in [-0.2, -0.15) is 0 Å². The number of benzene rings is 2. The van der Waals surface area contributed by atoms with E-state index in [-0.39, 0.29) is 0 Å². The third-order valence-corrected chi connectivity index (χ3v) is 3.04. The number of carbonyl (C=O) groups excluding carboxylic acids is 1. The Morgan fingerprint density at radius 1 is 1.12 bits per heavy atom. The van der Waals surface area contributed by atoms with Crippen LogP contribution >= 0.6 is 0 Å².